The lowest BCUT2D eigenvalue weighted by Gasteiger charge is -2.05. The van der Waals surface area contributed by atoms with Crippen LogP contribution in [0.4, 0.5) is 0 Å². The average Bonchev–Trinajstić information content (AvgIpc) is 2.92. The summed E-state index contributed by atoms with van der Waals surface area (Å²) in [6.07, 6.45) is 3.14. The summed E-state index contributed by atoms with van der Waals surface area (Å²) in [5, 5.41) is 4.78. The predicted molar refractivity (Wildman–Crippen MR) is 82.5 cm³/mol. The van der Waals surface area contributed by atoms with Gasteiger partial charge in [-0.2, -0.15) is 5.10 Å². The molecule has 3 rings (SSSR count). The molecule has 0 saturated heterocycles. The second-order valence-corrected chi connectivity index (χ2v) is 5.02. The van der Waals surface area contributed by atoms with Crippen LogP contribution in [0.2, 0.25) is 5.02 Å². The van der Waals surface area contributed by atoms with Crippen molar-refractivity contribution in [3.05, 3.63) is 71.1 Å². The summed E-state index contributed by atoms with van der Waals surface area (Å²) >= 11 is 5.80. The first kappa shape index (κ1) is 14.3. The summed E-state index contributed by atoms with van der Waals surface area (Å²) in [4.78, 5) is 16.4. The smallest absolute Gasteiger partial charge is 0.347 e. The first-order valence-corrected chi connectivity index (χ1v) is 6.97. The minimum atomic E-state index is -0.470. The van der Waals surface area contributed by atoms with Crippen LogP contribution in [0.25, 0.3) is 5.82 Å². The van der Waals surface area contributed by atoms with Gasteiger partial charge < -0.3 is 4.74 Å². The monoisotopic (exact) mass is 313 g/mol. The van der Waals surface area contributed by atoms with Gasteiger partial charge in [0.1, 0.15) is 11.3 Å². The van der Waals surface area contributed by atoms with E-state index >= 15 is 0 Å². The molecule has 2 heterocycles. The molecule has 2 aromatic heterocycles. The first-order chi connectivity index (χ1) is 10.6. The summed E-state index contributed by atoms with van der Waals surface area (Å²) in [6.45, 7) is 1.79. The molecular formula is C16H12ClN3O2. The minimum Gasteiger partial charge on any atom is -0.423 e. The van der Waals surface area contributed by atoms with Crippen molar-refractivity contribution in [2.24, 2.45) is 0 Å². The Labute approximate surface area is 132 Å². The Balaban J connectivity index is 1.85. The Hall–Kier alpha value is -2.66. The van der Waals surface area contributed by atoms with Gasteiger partial charge in [0.15, 0.2) is 5.82 Å². The molecular weight excluding hydrogens is 302 g/mol. The molecule has 0 fully saturated rings. The first-order valence-electron chi connectivity index (χ1n) is 6.59. The number of carbonyl (C=O) groups excluding carboxylic acids is 1. The van der Waals surface area contributed by atoms with E-state index in [1.807, 2.05) is 18.2 Å². The summed E-state index contributed by atoms with van der Waals surface area (Å²) in [5.41, 5.74) is 1.05. The average molecular weight is 314 g/mol. The number of ether oxygens (including phenoxy) is 1. The summed E-state index contributed by atoms with van der Waals surface area (Å²) < 4.78 is 6.91. The number of carbonyl (C=O) groups is 1. The van der Waals surface area contributed by atoms with Gasteiger partial charge in [0.2, 0.25) is 0 Å². The molecule has 0 aliphatic heterocycles. The maximum atomic E-state index is 12.2. The minimum absolute atomic E-state index is 0.389. The van der Waals surface area contributed by atoms with Crippen LogP contribution in [-0.2, 0) is 0 Å². The lowest BCUT2D eigenvalue weighted by atomic mass is 10.2. The Bertz CT molecular complexity index is 798. The number of hydrogen-bond acceptors (Lipinski definition) is 4. The largest absolute Gasteiger partial charge is 0.423 e. The zero-order valence-corrected chi connectivity index (χ0v) is 12.5. The van der Waals surface area contributed by atoms with Crippen molar-refractivity contribution in [2.75, 3.05) is 0 Å². The van der Waals surface area contributed by atoms with E-state index in [4.69, 9.17) is 16.3 Å². The summed E-state index contributed by atoms with van der Waals surface area (Å²) in [7, 11) is 0. The van der Waals surface area contributed by atoms with Crippen molar-refractivity contribution in [3.63, 3.8) is 0 Å². The van der Waals surface area contributed by atoms with Crippen LogP contribution >= 0.6 is 11.6 Å². The van der Waals surface area contributed by atoms with Gasteiger partial charge in [-0.15, -0.1) is 0 Å². The van der Waals surface area contributed by atoms with Gasteiger partial charge in [0.05, 0.1) is 11.9 Å². The third-order valence-electron chi connectivity index (χ3n) is 3.12. The molecule has 0 spiro atoms. The van der Waals surface area contributed by atoms with Gasteiger partial charge in [-0.3, -0.25) is 0 Å². The molecule has 3 aromatic rings. The highest BCUT2D eigenvalue weighted by molar-refractivity contribution is 6.30. The van der Waals surface area contributed by atoms with Gasteiger partial charge in [-0.05, 0) is 43.3 Å². The molecule has 6 heteroatoms. The van der Waals surface area contributed by atoms with Gasteiger partial charge in [0.25, 0.3) is 0 Å². The van der Waals surface area contributed by atoms with E-state index in [1.165, 1.54) is 6.20 Å². The zero-order chi connectivity index (χ0) is 15.5. The van der Waals surface area contributed by atoms with E-state index in [0.29, 0.717) is 27.8 Å². The van der Waals surface area contributed by atoms with Crippen molar-refractivity contribution in [1.82, 2.24) is 14.8 Å². The Kier molecular flexibility index (Phi) is 3.89. The molecule has 0 bridgehead atoms. The number of hydrogen-bond donors (Lipinski definition) is 0. The van der Waals surface area contributed by atoms with Gasteiger partial charge in [-0.25, -0.2) is 14.5 Å². The van der Waals surface area contributed by atoms with Crippen molar-refractivity contribution < 1.29 is 9.53 Å². The lowest BCUT2D eigenvalue weighted by molar-refractivity contribution is 0.0734. The molecule has 0 saturated carbocycles. The highest BCUT2D eigenvalue weighted by Gasteiger charge is 2.17. The standard InChI is InChI=1S/C16H12ClN3O2/c1-11-14(10-19-20(11)15-4-2-3-9-18-15)16(21)22-13-7-5-12(17)6-8-13/h2-10H,1H3. The van der Waals surface area contributed by atoms with Crippen LogP contribution in [0.1, 0.15) is 16.1 Å². The Morgan fingerprint density at radius 1 is 1.18 bits per heavy atom. The molecule has 110 valence electrons. The fraction of sp³-hybridized carbons (Fsp3) is 0.0625. The number of halogens is 1. The van der Waals surface area contributed by atoms with Crippen LogP contribution in [0, 0.1) is 6.92 Å². The Morgan fingerprint density at radius 3 is 2.64 bits per heavy atom. The van der Waals surface area contributed by atoms with Crippen molar-refractivity contribution in [2.45, 2.75) is 6.92 Å². The maximum Gasteiger partial charge on any atom is 0.347 e. The molecule has 0 aliphatic rings. The maximum absolute atomic E-state index is 12.2. The van der Waals surface area contributed by atoms with Crippen LogP contribution in [0.3, 0.4) is 0 Å². The highest BCUT2D eigenvalue weighted by atomic mass is 35.5. The van der Waals surface area contributed by atoms with Gasteiger partial charge in [-0.1, -0.05) is 17.7 Å². The van der Waals surface area contributed by atoms with E-state index in [2.05, 4.69) is 10.1 Å². The van der Waals surface area contributed by atoms with Gasteiger partial charge >= 0.3 is 5.97 Å². The Morgan fingerprint density at radius 2 is 1.95 bits per heavy atom. The summed E-state index contributed by atoms with van der Waals surface area (Å²) in [6, 6.07) is 12.1. The highest BCUT2D eigenvalue weighted by Crippen LogP contribution is 2.18. The number of aromatic nitrogens is 3. The fourth-order valence-corrected chi connectivity index (χ4v) is 2.11. The number of pyridine rings is 1. The fourth-order valence-electron chi connectivity index (χ4n) is 1.98. The molecule has 0 atom stereocenters. The lowest BCUT2D eigenvalue weighted by Crippen LogP contribution is -2.10. The molecule has 5 nitrogen and oxygen atoms in total. The molecule has 0 radical (unpaired) electrons. The SMILES string of the molecule is Cc1c(C(=O)Oc2ccc(Cl)cc2)cnn1-c1ccccn1. The second-order valence-electron chi connectivity index (χ2n) is 4.59. The number of esters is 1. The van der Waals surface area contributed by atoms with Crippen molar-refractivity contribution in [3.8, 4) is 11.6 Å². The van der Waals surface area contributed by atoms with E-state index in [0.717, 1.165) is 0 Å². The molecule has 1 aromatic carbocycles. The van der Waals surface area contributed by atoms with Crippen molar-refractivity contribution >= 4 is 17.6 Å². The quantitative estimate of drug-likeness (QED) is 0.549. The molecule has 0 N–H and O–H groups in total. The van der Waals surface area contributed by atoms with Gasteiger partial charge in [0, 0.05) is 11.2 Å². The van der Waals surface area contributed by atoms with E-state index in [-0.39, 0.29) is 0 Å². The molecule has 0 aliphatic carbocycles. The molecule has 22 heavy (non-hydrogen) atoms. The number of benzene rings is 1. The number of rotatable bonds is 3. The third kappa shape index (κ3) is 2.84. The van der Waals surface area contributed by atoms with Crippen LogP contribution in [0.5, 0.6) is 5.75 Å². The number of nitrogens with zero attached hydrogens (tertiary/aromatic N) is 3. The zero-order valence-electron chi connectivity index (χ0n) is 11.7. The second kappa shape index (κ2) is 5.99. The molecule has 0 unspecified atom stereocenters. The molecule has 0 amide bonds. The third-order valence-corrected chi connectivity index (χ3v) is 3.37. The van der Waals surface area contributed by atoms with Crippen LogP contribution < -0.4 is 4.74 Å². The topological polar surface area (TPSA) is 57.0 Å². The van der Waals surface area contributed by atoms with E-state index in [9.17, 15) is 4.79 Å². The van der Waals surface area contributed by atoms with Crippen molar-refractivity contribution in [1.29, 1.82) is 0 Å². The van der Waals surface area contributed by atoms with E-state index in [1.54, 1.807) is 42.1 Å². The predicted octanol–water partition coefficient (Wildman–Crippen LogP) is 3.45. The summed E-state index contributed by atoms with van der Waals surface area (Å²) in [5.74, 6) is 0.604. The van der Waals surface area contributed by atoms with Crippen LogP contribution in [0.15, 0.2) is 54.9 Å². The van der Waals surface area contributed by atoms with E-state index < -0.39 is 5.97 Å². The van der Waals surface area contributed by atoms with Crippen LogP contribution in [-0.4, -0.2) is 20.7 Å². The normalized spacial score (nSPS) is 10.5.